The van der Waals surface area contributed by atoms with E-state index in [0.29, 0.717) is 0 Å². The van der Waals surface area contributed by atoms with Gasteiger partial charge < -0.3 is 0 Å². The molecule has 0 spiro atoms. The van der Waals surface area contributed by atoms with Crippen LogP contribution in [0.4, 0.5) is 0 Å². The zero-order chi connectivity index (χ0) is 9.52. The molecular weight excluding hydrogens is 198 g/mol. The Hall–Kier alpha value is -0.500. The lowest BCUT2D eigenvalue weighted by atomic mass is 10.2. The van der Waals surface area contributed by atoms with Crippen molar-refractivity contribution in [1.29, 1.82) is 0 Å². The van der Waals surface area contributed by atoms with Crippen molar-refractivity contribution in [3.8, 4) is 0 Å². The Morgan fingerprint density at radius 1 is 1.46 bits per heavy atom. The molecule has 70 valence electrons. The van der Waals surface area contributed by atoms with Crippen molar-refractivity contribution in [2.45, 2.75) is 26.2 Å². The fraction of sp³-hybridized carbons (Fsp3) is 0.500. The van der Waals surface area contributed by atoms with E-state index in [4.69, 9.17) is 0 Å². The largest absolute Gasteiger partial charge is 0.233 e. The Balaban J connectivity index is 2.16. The first-order valence-corrected chi connectivity index (χ1v) is 5.64. The molecule has 0 fully saturated rings. The fourth-order valence-corrected chi connectivity index (χ4v) is 2.18. The lowest BCUT2D eigenvalue weighted by molar-refractivity contribution is 0.754. The maximum atomic E-state index is 4.48. The monoisotopic (exact) mass is 211 g/mol. The average molecular weight is 211 g/mol. The minimum absolute atomic E-state index is 0.827. The van der Waals surface area contributed by atoms with Crippen LogP contribution in [0, 0.1) is 6.92 Å². The predicted molar refractivity (Wildman–Crippen MR) is 61.9 cm³/mol. The van der Waals surface area contributed by atoms with Crippen molar-refractivity contribution in [2.24, 2.45) is 4.99 Å². The van der Waals surface area contributed by atoms with E-state index in [2.05, 4.69) is 41.4 Å². The van der Waals surface area contributed by atoms with E-state index < -0.39 is 0 Å². The summed E-state index contributed by atoms with van der Waals surface area (Å²) >= 11 is 6.37. The second-order valence-corrected chi connectivity index (χ2v) is 4.50. The molecule has 0 unspecified atom stereocenters. The second-order valence-electron chi connectivity index (χ2n) is 2.94. The number of isothiocyanates is 1. The predicted octanol–water partition coefficient (Wildman–Crippen LogP) is 3.48. The zero-order valence-electron chi connectivity index (χ0n) is 7.75. The summed E-state index contributed by atoms with van der Waals surface area (Å²) in [6.45, 7) is 2.97. The van der Waals surface area contributed by atoms with Crippen LogP contribution in [0.2, 0.25) is 0 Å². The summed E-state index contributed by atoms with van der Waals surface area (Å²) in [6.07, 6.45) is 3.48. The van der Waals surface area contributed by atoms with Gasteiger partial charge in [-0.3, -0.25) is 0 Å². The molecule has 0 N–H and O–H groups in total. The Morgan fingerprint density at radius 2 is 2.31 bits per heavy atom. The number of nitrogens with zero attached hydrogens (tertiary/aromatic N) is 1. The molecule has 1 heterocycles. The molecule has 1 aromatic heterocycles. The number of thiocarbonyl (C=S) groups is 1. The molecule has 1 nitrogen and oxygen atoms in total. The normalized spacial score (nSPS) is 9.62. The van der Waals surface area contributed by atoms with Gasteiger partial charge in [0.25, 0.3) is 0 Å². The smallest absolute Gasteiger partial charge is 0.0584 e. The van der Waals surface area contributed by atoms with Gasteiger partial charge in [-0.25, -0.2) is 4.99 Å². The van der Waals surface area contributed by atoms with Crippen molar-refractivity contribution < 1.29 is 0 Å². The molecule has 0 aliphatic carbocycles. The molecule has 0 saturated heterocycles. The van der Waals surface area contributed by atoms with Gasteiger partial charge in [0.15, 0.2) is 0 Å². The maximum absolute atomic E-state index is 4.48. The molecule has 0 aliphatic rings. The minimum atomic E-state index is 0.827. The van der Waals surface area contributed by atoms with E-state index in [1.807, 2.05) is 11.3 Å². The number of aliphatic imine (C=N–C) groups is 1. The van der Waals surface area contributed by atoms with Crippen LogP contribution in [0.15, 0.2) is 17.1 Å². The third-order valence-electron chi connectivity index (χ3n) is 1.80. The molecule has 1 aromatic rings. The second kappa shape index (κ2) is 6.03. The SMILES string of the molecule is Cc1ccc(CCCCN=C=S)s1. The molecule has 0 radical (unpaired) electrons. The highest BCUT2D eigenvalue weighted by molar-refractivity contribution is 7.78. The number of aryl methyl sites for hydroxylation is 2. The first kappa shape index (κ1) is 10.6. The van der Waals surface area contributed by atoms with Crippen LogP contribution in [0.25, 0.3) is 0 Å². The summed E-state index contributed by atoms with van der Waals surface area (Å²) in [5, 5.41) is 2.38. The highest BCUT2D eigenvalue weighted by atomic mass is 32.1. The third kappa shape index (κ3) is 4.32. The Labute approximate surface area is 88.5 Å². The molecule has 3 heteroatoms. The van der Waals surface area contributed by atoms with Crippen molar-refractivity contribution in [3.05, 3.63) is 21.9 Å². The van der Waals surface area contributed by atoms with E-state index in [9.17, 15) is 0 Å². The van der Waals surface area contributed by atoms with Crippen molar-refractivity contribution in [2.75, 3.05) is 6.54 Å². The van der Waals surface area contributed by atoms with Crippen molar-refractivity contribution >= 4 is 28.7 Å². The van der Waals surface area contributed by atoms with Crippen LogP contribution < -0.4 is 0 Å². The van der Waals surface area contributed by atoms with E-state index in [1.165, 1.54) is 22.6 Å². The van der Waals surface area contributed by atoms with E-state index in [1.54, 1.807) is 0 Å². The quantitative estimate of drug-likeness (QED) is 0.412. The Kier molecular flexibility index (Phi) is 4.91. The van der Waals surface area contributed by atoms with Gasteiger partial charge in [0.2, 0.25) is 0 Å². The lowest BCUT2D eigenvalue weighted by Gasteiger charge is -1.94. The first-order valence-electron chi connectivity index (χ1n) is 4.42. The van der Waals surface area contributed by atoms with Crippen LogP contribution in [-0.4, -0.2) is 11.7 Å². The van der Waals surface area contributed by atoms with Crippen LogP contribution in [0.3, 0.4) is 0 Å². The summed E-state index contributed by atoms with van der Waals surface area (Å²) in [7, 11) is 0. The third-order valence-corrected chi connectivity index (χ3v) is 2.99. The van der Waals surface area contributed by atoms with Crippen LogP contribution in [-0.2, 0) is 6.42 Å². The zero-order valence-corrected chi connectivity index (χ0v) is 9.38. The summed E-state index contributed by atoms with van der Waals surface area (Å²) < 4.78 is 0. The van der Waals surface area contributed by atoms with Crippen LogP contribution in [0.5, 0.6) is 0 Å². The van der Waals surface area contributed by atoms with E-state index in [0.717, 1.165) is 13.0 Å². The standard InChI is InChI=1S/C10H13NS2/c1-9-5-6-10(13-9)4-2-3-7-11-8-12/h5-6H,2-4,7H2,1H3. The van der Waals surface area contributed by atoms with Gasteiger partial charge in [-0.1, -0.05) is 0 Å². The molecule has 0 aliphatic heterocycles. The van der Waals surface area contributed by atoms with Gasteiger partial charge in [-0.05, 0) is 50.5 Å². The van der Waals surface area contributed by atoms with Gasteiger partial charge >= 0.3 is 0 Å². The highest BCUT2D eigenvalue weighted by Crippen LogP contribution is 2.17. The van der Waals surface area contributed by atoms with Crippen LogP contribution in [0.1, 0.15) is 22.6 Å². The lowest BCUT2D eigenvalue weighted by Crippen LogP contribution is -1.84. The van der Waals surface area contributed by atoms with Gasteiger partial charge in [0.05, 0.1) is 5.16 Å². The molecular formula is C10H13NS2. The average Bonchev–Trinajstić information content (AvgIpc) is 2.51. The summed E-state index contributed by atoms with van der Waals surface area (Å²) in [6, 6.07) is 4.39. The van der Waals surface area contributed by atoms with E-state index >= 15 is 0 Å². The molecule has 0 atom stereocenters. The molecule has 0 bridgehead atoms. The van der Waals surface area contributed by atoms with E-state index in [-0.39, 0.29) is 0 Å². The van der Waals surface area contributed by atoms with Gasteiger partial charge in [0.1, 0.15) is 0 Å². The topological polar surface area (TPSA) is 12.4 Å². The number of rotatable bonds is 5. The molecule has 0 saturated carbocycles. The maximum Gasteiger partial charge on any atom is 0.0584 e. The molecule has 13 heavy (non-hydrogen) atoms. The Bertz CT molecular complexity index is 298. The first-order chi connectivity index (χ1) is 6.33. The highest BCUT2D eigenvalue weighted by Gasteiger charge is 1.95. The number of hydrogen-bond donors (Lipinski definition) is 0. The molecule has 1 rings (SSSR count). The van der Waals surface area contributed by atoms with Gasteiger partial charge in [-0.15, -0.1) is 11.3 Å². The fourth-order valence-electron chi connectivity index (χ4n) is 1.16. The van der Waals surface area contributed by atoms with Gasteiger partial charge in [0, 0.05) is 16.3 Å². The minimum Gasteiger partial charge on any atom is -0.233 e. The van der Waals surface area contributed by atoms with Crippen LogP contribution >= 0.6 is 23.6 Å². The summed E-state index contributed by atoms with van der Waals surface area (Å²) in [4.78, 5) is 6.75. The van der Waals surface area contributed by atoms with Gasteiger partial charge in [-0.2, -0.15) is 0 Å². The summed E-state index contributed by atoms with van der Waals surface area (Å²) in [5.41, 5.74) is 0. The number of unbranched alkanes of at least 4 members (excludes halogenated alkanes) is 1. The van der Waals surface area contributed by atoms with Crippen molar-refractivity contribution in [1.82, 2.24) is 0 Å². The molecule has 0 amide bonds. The summed E-state index contributed by atoms with van der Waals surface area (Å²) in [5.74, 6) is 0. The van der Waals surface area contributed by atoms with Crippen molar-refractivity contribution in [3.63, 3.8) is 0 Å². The molecule has 0 aromatic carbocycles. The number of thiophene rings is 1. The number of hydrogen-bond acceptors (Lipinski definition) is 3. The Morgan fingerprint density at radius 3 is 2.92 bits per heavy atom.